The van der Waals surface area contributed by atoms with Gasteiger partial charge >= 0.3 is 0 Å². The topological polar surface area (TPSA) is 3.24 Å². The molecule has 2 aromatic rings. The maximum absolute atomic E-state index is 3.69. The minimum Gasteiger partial charge on any atom is -0.303 e. The lowest BCUT2D eigenvalue weighted by Crippen LogP contribution is -2.32. The van der Waals surface area contributed by atoms with Gasteiger partial charge in [-0.05, 0) is 30.1 Å². The molecule has 0 spiro atoms. The van der Waals surface area contributed by atoms with Crippen molar-refractivity contribution < 1.29 is 0 Å². The van der Waals surface area contributed by atoms with Crippen LogP contribution in [0.4, 0.5) is 0 Å². The normalized spacial score (nSPS) is 11.4. The second-order valence-electron chi connectivity index (χ2n) is 6.77. The molecule has 0 atom stereocenters. The Kier molecular flexibility index (Phi) is 7.29. The summed E-state index contributed by atoms with van der Waals surface area (Å²) in [4.78, 5) is 2.43. The summed E-state index contributed by atoms with van der Waals surface area (Å²) in [5.41, 5.74) is 2.31. The Morgan fingerprint density at radius 1 is 0.840 bits per heavy atom. The summed E-state index contributed by atoms with van der Waals surface area (Å²) in [5, 5.41) is 0. The molecule has 0 aliphatic carbocycles. The van der Waals surface area contributed by atoms with Crippen LogP contribution in [-0.2, 0) is 5.41 Å². The average Bonchev–Trinajstić information content (AvgIpc) is 2.66. The Hall–Kier alpha value is -2.04. The predicted molar refractivity (Wildman–Crippen MR) is 109 cm³/mol. The Balaban J connectivity index is 2.43. The number of hydrogen-bond donors (Lipinski definition) is 0. The number of rotatable bonds is 7. The van der Waals surface area contributed by atoms with E-state index in [0.29, 0.717) is 5.92 Å². The molecule has 0 saturated heterocycles. The highest BCUT2D eigenvalue weighted by Crippen LogP contribution is 2.38. The summed E-state index contributed by atoms with van der Waals surface area (Å²) >= 11 is 0. The lowest BCUT2D eigenvalue weighted by atomic mass is 9.67. The molecule has 0 saturated carbocycles. The number of benzene rings is 2. The lowest BCUT2D eigenvalue weighted by molar-refractivity contribution is 0.311. The van der Waals surface area contributed by atoms with Gasteiger partial charge in [0.15, 0.2) is 0 Å². The first-order valence-corrected chi connectivity index (χ1v) is 9.48. The maximum Gasteiger partial charge on any atom is 0.0834 e. The van der Waals surface area contributed by atoms with Crippen LogP contribution in [0.5, 0.6) is 0 Å². The van der Waals surface area contributed by atoms with Gasteiger partial charge in [0.25, 0.3) is 0 Å². The molecule has 0 unspecified atom stereocenters. The Morgan fingerprint density at radius 2 is 1.32 bits per heavy atom. The molecule has 2 rings (SSSR count). The largest absolute Gasteiger partial charge is 0.303 e. The van der Waals surface area contributed by atoms with Gasteiger partial charge in [-0.25, -0.2) is 0 Å². The maximum atomic E-state index is 3.69. The van der Waals surface area contributed by atoms with Crippen molar-refractivity contribution in [3.8, 4) is 11.8 Å². The molecule has 2 aromatic carbocycles. The van der Waals surface area contributed by atoms with Crippen molar-refractivity contribution in [3.05, 3.63) is 71.8 Å². The first-order valence-electron chi connectivity index (χ1n) is 9.48. The summed E-state index contributed by atoms with van der Waals surface area (Å²) in [5.74, 6) is 7.59. The van der Waals surface area contributed by atoms with E-state index in [1.807, 2.05) is 0 Å². The summed E-state index contributed by atoms with van der Waals surface area (Å²) in [6.07, 6.45) is 0.913. The second kappa shape index (κ2) is 9.44. The van der Waals surface area contributed by atoms with Gasteiger partial charge < -0.3 is 4.90 Å². The van der Waals surface area contributed by atoms with E-state index in [9.17, 15) is 0 Å². The van der Waals surface area contributed by atoms with E-state index in [1.54, 1.807) is 0 Å². The molecular formula is C24H31N. The Labute approximate surface area is 154 Å². The quantitative estimate of drug-likeness (QED) is 0.616. The number of hydrogen-bond acceptors (Lipinski definition) is 1. The fraction of sp³-hybridized carbons (Fsp3) is 0.417. The van der Waals surface area contributed by atoms with E-state index in [-0.39, 0.29) is 5.41 Å². The third-order valence-corrected chi connectivity index (χ3v) is 5.06. The van der Waals surface area contributed by atoms with Gasteiger partial charge in [-0.2, -0.15) is 0 Å². The van der Waals surface area contributed by atoms with Gasteiger partial charge in [-0.1, -0.05) is 94.3 Å². The minimum atomic E-state index is -0.258. The average molecular weight is 334 g/mol. The van der Waals surface area contributed by atoms with Gasteiger partial charge in [-0.3, -0.25) is 0 Å². The zero-order chi connectivity index (χ0) is 18.1. The highest BCUT2D eigenvalue weighted by atomic mass is 15.1. The van der Waals surface area contributed by atoms with Crippen LogP contribution in [0.15, 0.2) is 60.7 Å². The third kappa shape index (κ3) is 4.53. The van der Waals surface area contributed by atoms with Gasteiger partial charge in [-0.15, -0.1) is 5.92 Å². The molecule has 0 aromatic heterocycles. The first kappa shape index (κ1) is 19.3. The van der Waals surface area contributed by atoms with E-state index >= 15 is 0 Å². The molecular weight excluding hydrogens is 302 g/mol. The van der Waals surface area contributed by atoms with Crippen molar-refractivity contribution in [2.24, 2.45) is 5.92 Å². The first-order chi connectivity index (χ1) is 12.1. The fourth-order valence-electron chi connectivity index (χ4n) is 3.48. The number of nitrogens with zero attached hydrogens (tertiary/aromatic N) is 1. The molecule has 0 amide bonds. The molecule has 0 aliphatic heterocycles. The predicted octanol–water partition coefficient (Wildman–Crippen LogP) is 5.36. The molecule has 0 radical (unpaired) electrons. The molecule has 1 heteroatoms. The Bertz CT molecular complexity index is 633. The van der Waals surface area contributed by atoms with Gasteiger partial charge in [0.1, 0.15) is 0 Å². The highest BCUT2D eigenvalue weighted by Gasteiger charge is 2.35. The van der Waals surface area contributed by atoms with Crippen LogP contribution in [0.2, 0.25) is 0 Å². The van der Waals surface area contributed by atoms with E-state index in [1.165, 1.54) is 11.1 Å². The summed E-state index contributed by atoms with van der Waals surface area (Å²) < 4.78 is 0. The van der Waals surface area contributed by atoms with Crippen LogP contribution >= 0.6 is 0 Å². The monoisotopic (exact) mass is 333 g/mol. The van der Waals surface area contributed by atoms with E-state index in [4.69, 9.17) is 0 Å². The molecule has 1 nitrogen and oxygen atoms in total. The van der Waals surface area contributed by atoms with Crippen LogP contribution in [-0.4, -0.2) is 24.5 Å². The van der Waals surface area contributed by atoms with Crippen LogP contribution < -0.4 is 0 Å². The van der Waals surface area contributed by atoms with Crippen molar-refractivity contribution in [1.29, 1.82) is 0 Å². The van der Waals surface area contributed by atoms with Crippen molar-refractivity contribution in [2.45, 2.75) is 39.5 Å². The lowest BCUT2D eigenvalue weighted by Gasteiger charge is -2.34. The standard InChI is InChI=1S/C24H31N/c1-5-25(6-2)20-14-13-19-24(21(3)4,22-15-9-7-10-16-22)23-17-11-8-12-18-23/h7-12,15-18,21H,5-6,14,20H2,1-4H3. The third-order valence-electron chi connectivity index (χ3n) is 5.06. The molecule has 0 heterocycles. The minimum absolute atomic E-state index is 0.258. The zero-order valence-electron chi connectivity index (χ0n) is 16.1. The SMILES string of the molecule is CCN(CC)CCC#CC(c1ccccc1)(c1ccccc1)C(C)C. The Morgan fingerprint density at radius 3 is 1.72 bits per heavy atom. The molecule has 0 N–H and O–H groups in total. The van der Waals surface area contributed by atoms with Crippen molar-refractivity contribution in [3.63, 3.8) is 0 Å². The van der Waals surface area contributed by atoms with Crippen LogP contribution in [0.1, 0.15) is 45.2 Å². The van der Waals surface area contributed by atoms with Gasteiger partial charge in [0.2, 0.25) is 0 Å². The van der Waals surface area contributed by atoms with E-state index in [2.05, 4.69) is 105 Å². The smallest absolute Gasteiger partial charge is 0.0834 e. The molecule has 0 fully saturated rings. The van der Waals surface area contributed by atoms with Crippen molar-refractivity contribution in [2.75, 3.05) is 19.6 Å². The van der Waals surface area contributed by atoms with Crippen LogP contribution in [0, 0.1) is 17.8 Å². The highest BCUT2D eigenvalue weighted by molar-refractivity contribution is 5.48. The molecule has 25 heavy (non-hydrogen) atoms. The fourth-order valence-corrected chi connectivity index (χ4v) is 3.48. The van der Waals surface area contributed by atoms with Crippen LogP contribution in [0.25, 0.3) is 0 Å². The zero-order valence-corrected chi connectivity index (χ0v) is 16.1. The molecule has 0 aliphatic rings. The molecule has 0 bridgehead atoms. The van der Waals surface area contributed by atoms with E-state index < -0.39 is 0 Å². The van der Waals surface area contributed by atoms with Crippen molar-refractivity contribution >= 4 is 0 Å². The van der Waals surface area contributed by atoms with Gasteiger partial charge in [0.05, 0.1) is 5.41 Å². The van der Waals surface area contributed by atoms with E-state index in [0.717, 1.165) is 26.1 Å². The van der Waals surface area contributed by atoms with Crippen molar-refractivity contribution in [1.82, 2.24) is 4.90 Å². The summed E-state index contributed by atoms with van der Waals surface area (Å²) in [6.45, 7) is 12.2. The second-order valence-corrected chi connectivity index (χ2v) is 6.77. The summed E-state index contributed by atoms with van der Waals surface area (Å²) in [7, 11) is 0. The van der Waals surface area contributed by atoms with Crippen LogP contribution in [0.3, 0.4) is 0 Å². The molecule has 132 valence electrons. The summed E-state index contributed by atoms with van der Waals surface area (Å²) in [6, 6.07) is 21.5. The van der Waals surface area contributed by atoms with Gasteiger partial charge in [0, 0.05) is 13.0 Å².